The van der Waals surface area contributed by atoms with E-state index in [0.717, 1.165) is 32.4 Å². The molecule has 0 amide bonds. The van der Waals surface area contributed by atoms with Crippen LogP contribution in [0.5, 0.6) is 0 Å². The molecule has 1 aromatic rings. The first-order valence-corrected chi connectivity index (χ1v) is 7.49. The molecule has 1 rings (SSSR count). The van der Waals surface area contributed by atoms with Crippen molar-refractivity contribution < 1.29 is 5.11 Å². The topological polar surface area (TPSA) is 23.5 Å². The first-order valence-electron chi connectivity index (χ1n) is 6.67. The van der Waals surface area contributed by atoms with Crippen LogP contribution in [0.15, 0.2) is 12.1 Å². The fourth-order valence-corrected chi connectivity index (χ4v) is 3.21. The van der Waals surface area contributed by atoms with E-state index in [4.69, 9.17) is 5.11 Å². The van der Waals surface area contributed by atoms with E-state index < -0.39 is 0 Å². The Labute approximate surface area is 109 Å². The van der Waals surface area contributed by atoms with Gasteiger partial charge in [0.25, 0.3) is 0 Å². The molecule has 2 nitrogen and oxygen atoms in total. The van der Waals surface area contributed by atoms with Gasteiger partial charge in [0.1, 0.15) is 0 Å². The Kier molecular flexibility index (Phi) is 6.78. The number of aliphatic hydroxyl groups excluding tert-OH is 1. The third kappa shape index (κ3) is 4.41. The van der Waals surface area contributed by atoms with Crippen molar-refractivity contribution in [3.8, 4) is 0 Å². The second kappa shape index (κ2) is 7.85. The third-order valence-electron chi connectivity index (χ3n) is 3.27. The summed E-state index contributed by atoms with van der Waals surface area (Å²) in [6.07, 6.45) is 3.43. The van der Waals surface area contributed by atoms with Crippen molar-refractivity contribution >= 4 is 11.3 Å². The number of rotatable bonds is 8. The van der Waals surface area contributed by atoms with E-state index in [1.807, 2.05) is 11.3 Å². The molecule has 1 N–H and O–H groups in total. The minimum atomic E-state index is 0.252. The molecule has 17 heavy (non-hydrogen) atoms. The molecule has 0 unspecified atom stereocenters. The van der Waals surface area contributed by atoms with E-state index in [-0.39, 0.29) is 6.61 Å². The zero-order valence-electron chi connectivity index (χ0n) is 11.3. The molecule has 0 aliphatic heterocycles. The minimum Gasteiger partial charge on any atom is -0.395 e. The molecular weight excluding hydrogens is 230 g/mol. The summed E-state index contributed by atoms with van der Waals surface area (Å²) in [4.78, 5) is 5.28. The van der Waals surface area contributed by atoms with E-state index in [0.29, 0.717) is 6.04 Å². The number of hydrogen-bond acceptors (Lipinski definition) is 3. The predicted molar refractivity (Wildman–Crippen MR) is 75.6 cm³/mol. The van der Waals surface area contributed by atoms with Crippen LogP contribution in [0.25, 0.3) is 0 Å². The average molecular weight is 255 g/mol. The molecule has 0 aromatic carbocycles. The molecule has 98 valence electrons. The SMILES string of the molecule is CCc1ccc(CN(CCO)C(CC)CC)s1. The predicted octanol–water partition coefficient (Wildman–Crippen LogP) is 3.29. The lowest BCUT2D eigenvalue weighted by molar-refractivity contribution is 0.138. The van der Waals surface area contributed by atoms with Crippen LogP contribution in [0.2, 0.25) is 0 Å². The molecule has 0 aliphatic carbocycles. The van der Waals surface area contributed by atoms with Crippen molar-refractivity contribution in [2.75, 3.05) is 13.2 Å². The van der Waals surface area contributed by atoms with Gasteiger partial charge in [0.2, 0.25) is 0 Å². The van der Waals surface area contributed by atoms with Gasteiger partial charge in [-0.15, -0.1) is 11.3 Å². The van der Waals surface area contributed by atoms with Crippen molar-refractivity contribution in [2.45, 2.75) is 52.6 Å². The molecule has 0 saturated heterocycles. The highest BCUT2D eigenvalue weighted by atomic mass is 32.1. The van der Waals surface area contributed by atoms with Gasteiger partial charge in [-0.3, -0.25) is 4.90 Å². The molecule has 1 aromatic heterocycles. The van der Waals surface area contributed by atoms with Crippen LogP contribution >= 0.6 is 11.3 Å². The normalized spacial score (nSPS) is 11.6. The van der Waals surface area contributed by atoms with Crippen LogP contribution in [0.4, 0.5) is 0 Å². The zero-order valence-corrected chi connectivity index (χ0v) is 12.1. The summed E-state index contributed by atoms with van der Waals surface area (Å²) in [5.74, 6) is 0. The first-order chi connectivity index (χ1) is 8.24. The van der Waals surface area contributed by atoms with Gasteiger partial charge in [-0.25, -0.2) is 0 Å². The molecule has 0 spiro atoms. The quantitative estimate of drug-likeness (QED) is 0.770. The molecule has 0 atom stereocenters. The molecule has 1 heterocycles. The van der Waals surface area contributed by atoms with Crippen LogP contribution in [0.3, 0.4) is 0 Å². The number of aliphatic hydroxyl groups is 1. The number of thiophene rings is 1. The molecular formula is C14H25NOS. The Bertz CT molecular complexity index is 307. The summed E-state index contributed by atoms with van der Waals surface area (Å²) < 4.78 is 0. The first kappa shape index (κ1) is 14.7. The summed E-state index contributed by atoms with van der Waals surface area (Å²) >= 11 is 1.90. The molecule has 0 saturated carbocycles. The van der Waals surface area contributed by atoms with Gasteiger partial charge in [-0.2, -0.15) is 0 Å². The van der Waals surface area contributed by atoms with Crippen molar-refractivity contribution in [2.24, 2.45) is 0 Å². The Morgan fingerprint density at radius 3 is 2.29 bits per heavy atom. The second-order valence-electron chi connectivity index (χ2n) is 4.39. The Hall–Kier alpha value is -0.380. The average Bonchev–Trinajstić information content (AvgIpc) is 2.78. The van der Waals surface area contributed by atoms with Crippen LogP contribution in [-0.2, 0) is 13.0 Å². The fraction of sp³-hybridized carbons (Fsp3) is 0.714. The Balaban J connectivity index is 2.64. The molecule has 0 aliphatic rings. The standard InChI is InChI=1S/C14H25NOS/c1-4-12(5-2)15(9-10-16)11-14-8-7-13(6-3)17-14/h7-8,12,16H,4-6,9-11H2,1-3H3. The van der Waals surface area contributed by atoms with Gasteiger partial charge in [-0.05, 0) is 31.4 Å². The highest BCUT2D eigenvalue weighted by Gasteiger charge is 2.15. The maximum atomic E-state index is 9.17. The van der Waals surface area contributed by atoms with Gasteiger partial charge in [0, 0.05) is 28.9 Å². The fourth-order valence-electron chi connectivity index (χ4n) is 2.22. The number of hydrogen-bond donors (Lipinski definition) is 1. The van der Waals surface area contributed by atoms with Crippen molar-refractivity contribution in [3.05, 3.63) is 21.9 Å². The van der Waals surface area contributed by atoms with Crippen molar-refractivity contribution in [1.82, 2.24) is 4.90 Å². The van der Waals surface area contributed by atoms with Gasteiger partial charge in [0.05, 0.1) is 6.61 Å². The summed E-state index contributed by atoms with van der Waals surface area (Å²) in [5, 5.41) is 9.17. The van der Waals surface area contributed by atoms with Gasteiger partial charge < -0.3 is 5.11 Å². The van der Waals surface area contributed by atoms with Gasteiger partial charge >= 0.3 is 0 Å². The largest absolute Gasteiger partial charge is 0.395 e. The lowest BCUT2D eigenvalue weighted by atomic mass is 10.1. The number of aryl methyl sites for hydroxylation is 1. The van der Waals surface area contributed by atoms with Gasteiger partial charge in [0.15, 0.2) is 0 Å². The molecule has 0 radical (unpaired) electrons. The second-order valence-corrected chi connectivity index (χ2v) is 5.64. The van der Waals surface area contributed by atoms with E-state index in [1.165, 1.54) is 9.75 Å². The van der Waals surface area contributed by atoms with Crippen LogP contribution in [0.1, 0.15) is 43.4 Å². The van der Waals surface area contributed by atoms with E-state index in [9.17, 15) is 0 Å². The minimum absolute atomic E-state index is 0.252. The van der Waals surface area contributed by atoms with Crippen LogP contribution in [-0.4, -0.2) is 29.2 Å². The third-order valence-corrected chi connectivity index (χ3v) is 4.49. The van der Waals surface area contributed by atoms with E-state index in [2.05, 4.69) is 37.8 Å². The molecule has 0 fully saturated rings. The monoisotopic (exact) mass is 255 g/mol. The molecule has 0 bridgehead atoms. The highest BCUT2D eigenvalue weighted by Crippen LogP contribution is 2.21. The summed E-state index contributed by atoms with van der Waals surface area (Å²) in [6.45, 7) is 8.67. The lowest BCUT2D eigenvalue weighted by Crippen LogP contribution is -2.35. The van der Waals surface area contributed by atoms with Crippen molar-refractivity contribution in [3.63, 3.8) is 0 Å². The summed E-state index contributed by atoms with van der Waals surface area (Å²) in [7, 11) is 0. The smallest absolute Gasteiger partial charge is 0.0558 e. The zero-order chi connectivity index (χ0) is 12.7. The number of nitrogens with zero attached hydrogens (tertiary/aromatic N) is 1. The highest BCUT2D eigenvalue weighted by molar-refractivity contribution is 7.11. The van der Waals surface area contributed by atoms with Crippen LogP contribution < -0.4 is 0 Å². The lowest BCUT2D eigenvalue weighted by Gasteiger charge is -2.29. The van der Waals surface area contributed by atoms with E-state index in [1.54, 1.807) is 0 Å². The summed E-state index contributed by atoms with van der Waals surface area (Å²) in [6, 6.07) is 5.05. The molecule has 3 heteroatoms. The Morgan fingerprint density at radius 1 is 1.18 bits per heavy atom. The van der Waals surface area contributed by atoms with Gasteiger partial charge in [-0.1, -0.05) is 20.8 Å². The maximum absolute atomic E-state index is 9.17. The van der Waals surface area contributed by atoms with E-state index >= 15 is 0 Å². The maximum Gasteiger partial charge on any atom is 0.0558 e. The Morgan fingerprint density at radius 2 is 1.82 bits per heavy atom. The summed E-state index contributed by atoms with van der Waals surface area (Å²) in [5.41, 5.74) is 0. The van der Waals surface area contributed by atoms with Crippen molar-refractivity contribution in [1.29, 1.82) is 0 Å². The van der Waals surface area contributed by atoms with Crippen LogP contribution in [0, 0.1) is 0 Å².